The number of nitrogens with zero attached hydrogens (tertiary/aromatic N) is 2. The van der Waals surface area contributed by atoms with Crippen molar-refractivity contribution >= 4 is 17.5 Å². The first-order chi connectivity index (χ1) is 9.00. The van der Waals surface area contributed by atoms with Gasteiger partial charge in [-0.1, -0.05) is 0 Å². The van der Waals surface area contributed by atoms with Crippen molar-refractivity contribution in [3.63, 3.8) is 0 Å². The summed E-state index contributed by atoms with van der Waals surface area (Å²) in [4.78, 5) is 29.4. The Balaban J connectivity index is 2.33. The van der Waals surface area contributed by atoms with Crippen molar-refractivity contribution in [1.82, 2.24) is 4.98 Å². The number of aromatic nitrogens is 1. The van der Waals surface area contributed by atoms with Crippen LogP contribution in [0, 0.1) is 5.92 Å². The minimum absolute atomic E-state index is 0.0171. The number of rotatable bonds is 3. The molecule has 0 radical (unpaired) electrons. The SMILES string of the molecule is CC(=O)c1cccnc1N1CC(C(N)=O)CCC1C. The summed E-state index contributed by atoms with van der Waals surface area (Å²) in [5, 5.41) is 0. The third-order valence-corrected chi connectivity index (χ3v) is 3.72. The molecule has 5 heteroatoms. The molecule has 19 heavy (non-hydrogen) atoms. The molecule has 0 aromatic carbocycles. The molecule has 0 spiro atoms. The van der Waals surface area contributed by atoms with E-state index < -0.39 is 0 Å². The normalized spacial score (nSPS) is 23.2. The third-order valence-electron chi connectivity index (χ3n) is 3.72. The van der Waals surface area contributed by atoms with Gasteiger partial charge < -0.3 is 10.6 Å². The number of pyridine rings is 1. The molecule has 0 aliphatic carbocycles. The van der Waals surface area contributed by atoms with Crippen molar-refractivity contribution in [3.05, 3.63) is 23.9 Å². The minimum Gasteiger partial charge on any atom is -0.369 e. The summed E-state index contributed by atoms with van der Waals surface area (Å²) in [6.45, 7) is 4.14. The number of Topliss-reactive ketones (excluding diaryl/α,β-unsaturated/α-hetero) is 1. The third kappa shape index (κ3) is 2.75. The Bertz CT molecular complexity index is 501. The fourth-order valence-corrected chi connectivity index (χ4v) is 2.53. The van der Waals surface area contributed by atoms with E-state index in [4.69, 9.17) is 5.73 Å². The molecule has 1 amide bonds. The Morgan fingerprint density at radius 1 is 1.42 bits per heavy atom. The Kier molecular flexibility index (Phi) is 3.83. The van der Waals surface area contributed by atoms with Gasteiger partial charge in [-0.2, -0.15) is 0 Å². The molecule has 2 rings (SSSR count). The lowest BCUT2D eigenvalue weighted by molar-refractivity contribution is -0.122. The maximum Gasteiger partial charge on any atom is 0.222 e. The van der Waals surface area contributed by atoms with Gasteiger partial charge in [0.25, 0.3) is 0 Å². The van der Waals surface area contributed by atoms with Crippen LogP contribution in [0.1, 0.15) is 37.0 Å². The molecular formula is C14H19N3O2. The summed E-state index contributed by atoms with van der Waals surface area (Å²) < 4.78 is 0. The average Bonchev–Trinajstić information content (AvgIpc) is 2.39. The van der Waals surface area contributed by atoms with E-state index in [2.05, 4.69) is 11.9 Å². The average molecular weight is 261 g/mol. The summed E-state index contributed by atoms with van der Waals surface area (Å²) >= 11 is 0. The maximum absolute atomic E-state index is 11.7. The van der Waals surface area contributed by atoms with Crippen LogP contribution < -0.4 is 10.6 Å². The number of amides is 1. The van der Waals surface area contributed by atoms with Crippen molar-refractivity contribution < 1.29 is 9.59 Å². The van der Waals surface area contributed by atoms with Crippen LogP contribution in [0.2, 0.25) is 0 Å². The molecule has 2 N–H and O–H groups in total. The molecule has 5 nitrogen and oxygen atoms in total. The summed E-state index contributed by atoms with van der Waals surface area (Å²) in [5.74, 6) is 0.195. The summed E-state index contributed by atoms with van der Waals surface area (Å²) in [5.41, 5.74) is 5.99. The second-order valence-corrected chi connectivity index (χ2v) is 5.11. The van der Waals surface area contributed by atoms with Crippen LogP contribution in [-0.4, -0.2) is 29.3 Å². The Hall–Kier alpha value is -1.91. The van der Waals surface area contributed by atoms with Crippen molar-refractivity contribution in [2.24, 2.45) is 11.7 Å². The second kappa shape index (κ2) is 5.38. The molecule has 1 aromatic heterocycles. The highest BCUT2D eigenvalue weighted by molar-refractivity contribution is 5.98. The number of ketones is 1. The van der Waals surface area contributed by atoms with E-state index in [1.165, 1.54) is 6.92 Å². The van der Waals surface area contributed by atoms with Gasteiger partial charge in [0, 0.05) is 18.8 Å². The van der Waals surface area contributed by atoms with Crippen LogP contribution in [0.3, 0.4) is 0 Å². The van der Waals surface area contributed by atoms with Crippen LogP contribution in [0.5, 0.6) is 0 Å². The first-order valence-corrected chi connectivity index (χ1v) is 6.52. The fraction of sp³-hybridized carbons (Fsp3) is 0.500. The number of primary amides is 1. The van der Waals surface area contributed by atoms with Gasteiger partial charge in [-0.15, -0.1) is 0 Å². The number of carbonyl (C=O) groups excluding carboxylic acids is 2. The number of piperidine rings is 1. The Morgan fingerprint density at radius 3 is 2.79 bits per heavy atom. The summed E-state index contributed by atoms with van der Waals surface area (Å²) in [6, 6.07) is 3.77. The van der Waals surface area contributed by atoms with Gasteiger partial charge in [-0.3, -0.25) is 9.59 Å². The highest BCUT2D eigenvalue weighted by Gasteiger charge is 2.30. The zero-order valence-corrected chi connectivity index (χ0v) is 11.3. The van der Waals surface area contributed by atoms with E-state index in [9.17, 15) is 9.59 Å². The molecular weight excluding hydrogens is 242 g/mol. The lowest BCUT2D eigenvalue weighted by atomic mass is 9.92. The lowest BCUT2D eigenvalue weighted by Gasteiger charge is -2.38. The van der Waals surface area contributed by atoms with E-state index in [0.29, 0.717) is 17.9 Å². The van der Waals surface area contributed by atoms with Crippen molar-refractivity contribution in [3.8, 4) is 0 Å². The molecule has 102 valence electrons. The molecule has 1 saturated heterocycles. The van der Waals surface area contributed by atoms with E-state index in [-0.39, 0.29) is 23.7 Å². The van der Waals surface area contributed by atoms with Crippen molar-refractivity contribution in [1.29, 1.82) is 0 Å². The fourth-order valence-electron chi connectivity index (χ4n) is 2.53. The summed E-state index contributed by atoms with van der Waals surface area (Å²) in [7, 11) is 0. The summed E-state index contributed by atoms with van der Waals surface area (Å²) in [6.07, 6.45) is 3.35. The first kappa shape index (κ1) is 13.5. The van der Waals surface area contributed by atoms with E-state index >= 15 is 0 Å². The van der Waals surface area contributed by atoms with Crippen LogP contribution in [-0.2, 0) is 4.79 Å². The molecule has 2 heterocycles. The van der Waals surface area contributed by atoms with Crippen LogP contribution in [0.4, 0.5) is 5.82 Å². The molecule has 1 aromatic rings. The minimum atomic E-state index is -0.280. The molecule has 2 atom stereocenters. The quantitative estimate of drug-likeness (QED) is 0.834. The smallest absolute Gasteiger partial charge is 0.222 e. The molecule has 1 aliphatic rings. The monoisotopic (exact) mass is 261 g/mol. The second-order valence-electron chi connectivity index (χ2n) is 5.11. The van der Waals surface area contributed by atoms with Gasteiger partial charge in [0.2, 0.25) is 5.91 Å². The lowest BCUT2D eigenvalue weighted by Crippen LogP contribution is -2.46. The van der Waals surface area contributed by atoms with Crippen LogP contribution in [0.25, 0.3) is 0 Å². The topological polar surface area (TPSA) is 76.3 Å². The van der Waals surface area contributed by atoms with Crippen molar-refractivity contribution in [2.45, 2.75) is 32.7 Å². The van der Waals surface area contributed by atoms with Gasteiger partial charge in [0.05, 0.1) is 11.5 Å². The molecule has 0 saturated carbocycles. The zero-order valence-electron chi connectivity index (χ0n) is 11.3. The number of hydrogen-bond donors (Lipinski definition) is 1. The molecule has 0 bridgehead atoms. The number of carbonyl (C=O) groups is 2. The van der Waals surface area contributed by atoms with Gasteiger partial charge in [-0.25, -0.2) is 4.98 Å². The largest absolute Gasteiger partial charge is 0.369 e. The highest BCUT2D eigenvalue weighted by atomic mass is 16.1. The molecule has 2 unspecified atom stereocenters. The van der Waals surface area contributed by atoms with Gasteiger partial charge >= 0.3 is 0 Å². The predicted octanol–water partition coefficient (Wildman–Crippen LogP) is 1.37. The van der Waals surface area contributed by atoms with Crippen LogP contribution >= 0.6 is 0 Å². The van der Waals surface area contributed by atoms with Gasteiger partial charge in [-0.05, 0) is 38.8 Å². The Morgan fingerprint density at radius 2 is 2.16 bits per heavy atom. The van der Waals surface area contributed by atoms with E-state index in [1.807, 2.05) is 4.90 Å². The Labute approximate surface area is 112 Å². The van der Waals surface area contributed by atoms with E-state index in [0.717, 1.165) is 12.8 Å². The zero-order chi connectivity index (χ0) is 14.0. The van der Waals surface area contributed by atoms with Gasteiger partial charge in [0.15, 0.2) is 5.78 Å². The van der Waals surface area contributed by atoms with Crippen molar-refractivity contribution in [2.75, 3.05) is 11.4 Å². The first-order valence-electron chi connectivity index (χ1n) is 6.52. The number of anilines is 1. The number of hydrogen-bond acceptors (Lipinski definition) is 4. The standard InChI is InChI=1S/C14H19N3O2/c1-9-5-6-11(13(15)19)8-17(9)14-12(10(2)18)4-3-7-16-14/h3-4,7,9,11H,5-6,8H2,1-2H3,(H2,15,19). The molecule has 1 fully saturated rings. The molecule has 1 aliphatic heterocycles. The van der Waals surface area contributed by atoms with Crippen LogP contribution in [0.15, 0.2) is 18.3 Å². The maximum atomic E-state index is 11.7. The van der Waals surface area contributed by atoms with E-state index in [1.54, 1.807) is 18.3 Å². The van der Waals surface area contributed by atoms with Gasteiger partial charge in [0.1, 0.15) is 5.82 Å². The number of nitrogens with two attached hydrogens (primary N) is 1. The highest BCUT2D eigenvalue weighted by Crippen LogP contribution is 2.28. The predicted molar refractivity (Wildman–Crippen MR) is 73.0 cm³/mol.